The minimum Gasteiger partial charge on any atom is -0.492 e. The van der Waals surface area contributed by atoms with E-state index in [9.17, 15) is 4.79 Å². The van der Waals surface area contributed by atoms with E-state index in [-0.39, 0.29) is 18.6 Å². The summed E-state index contributed by atoms with van der Waals surface area (Å²) in [5, 5.41) is 6.73. The van der Waals surface area contributed by atoms with Crippen LogP contribution in [0, 0.1) is 0 Å². The molecule has 140 valence electrons. The topological polar surface area (TPSA) is 95.7 Å². The number of benzene rings is 1. The zero-order chi connectivity index (χ0) is 18.4. The van der Waals surface area contributed by atoms with Crippen molar-refractivity contribution in [2.24, 2.45) is 0 Å². The van der Waals surface area contributed by atoms with Gasteiger partial charge in [-0.25, -0.2) is 0 Å². The van der Waals surface area contributed by atoms with E-state index < -0.39 is 0 Å². The first-order chi connectivity index (χ1) is 12.6. The minimum absolute atomic E-state index is 0.0251. The molecule has 3 rings (SSSR count). The summed E-state index contributed by atoms with van der Waals surface area (Å²) >= 11 is 0. The third-order valence-corrected chi connectivity index (χ3v) is 3.83. The fraction of sp³-hybridized carbons (Fsp3) is 0.500. The number of rotatable bonds is 9. The molecule has 0 saturated carbocycles. The lowest BCUT2D eigenvalue weighted by Crippen LogP contribution is -2.27. The Morgan fingerprint density at radius 3 is 2.96 bits per heavy atom. The van der Waals surface area contributed by atoms with E-state index in [1.165, 1.54) is 0 Å². The molecule has 26 heavy (non-hydrogen) atoms. The maximum atomic E-state index is 11.8. The molecule has 0 atom stereocenters. The summed E-state index contributed by atoms with van der Waals surface area (Å²) in [6.45, 7) is 5.07. The van der Waals surface area contributed by atoms with Crippen LogP contribution in [-0.4, -0.2) is 36.0 Å². The van der Waals surface area contributed by atoms with Gasteiger partial charge in [0.15, 0.2) is 17.3 Å². The number of hydrogen-bond donors (Lipinski definition) is 1. The smallest absolute Gasteiger partial charge is 0.231 e. The molecule has 1 aromatic carbocycles. The lowest BCUT2D eigenvalue weighted by Gasteiger charge is -2.08. The van der Waals surface area contributed by atoms with Gasteiger partial charge in [0.1, 0.15) is 12.4 Å². The van der Waals surface area contributed by atoms with Crippen molar-refractivity contribution in [3.63, 3.8) is 0 Å². The summed E-state index contributed by atoms with van der Waals surface area (Å²) in [7, 11) is 0. The van der Waals surface area contributed by atoms with Crippen LogP contribution >= 0.6 is 0 Å². The van der Waals surface area contributed by atoms with E-state index in [4.69, 9.17) is 18.7 Å². The van der Waals surface area contributed by atoms with E-state index in [0.717, 1.165) is 0 Å². The van der Waals surface area contributed by atoms with Crippen LogP contribution in [0.4, 0.5) is 0 Å². The molecule has 2 heterocycles. The molecular weight excluding hydrogens is 338 g/mol. The first-order valence-corrected chi connectivity index (χ1v) is 8.73. The molecule has 0 spiro atoms. The number of fused-ring (bicyclic) bond motifs is 1. The lowest BCUT2D eigenvalue weighted by molar-refractivity contribution is -0.121. The largest absolute Gasteiger partial charge is 0.492 e. The molecule has 8 heteroatoms. The van der Waals surface area contributed by atoms with E-state index in [1.807, 2.05) is 19.9 Å². The fourth-order valence-corrected chi connectivity index (χ4v) is 2.42. The predicted octanol–water partition coefficient (Wildman–Crippen LogP) is 2.44. The third kappa shape index (κ3) is 4.87. The van der Waals surface area contributed by atoms with Crippen molar-refractivity contribution in [1.29, 1.82) is 0 Å². The number of aromatic nitrogens is 2. The summed E-state index contributed by atoms with van der Waals surface area (Å²) in [4.78, 5) is 16.1. The van der Waals surface area contributed by atoms with Gasteiger partial charge in [0.2, 0.25) is 18.6 Å². The van der Waals surface area contributed by atoms with Gasteiger partial charge in [0, 0.05) is 24.8 Å². The standard InChI is InChI=1S/C18H23N3O5/c1-12(2)18-20-17(26-21-18)5-3-4-16(22)19-8-9-23-13-6-7-14-15(10-13)25-11-24-14/h6-7,10,12H,3-5,8-9,11H2,1-2H3,(H,19,22). The first kappa shape index (κ1) is 18.0. The van der Waals surface area contributed by atoms with Crippen LogP contribution in [-0.2, 0) is 11.2 Å². The van der Waals surface area contributed by atoms with Crippen LogP contribution in [0.25, 0.3) is 0 Å². The summed E-state index contributed by atoms with van der Waals surface area (Å²) in [6, 6.07) is 5.39. The number of nitrogens with one attached hydrogen (secondary N) is 1. The average Bonchev–Trinajstić information content (AvgIpc) is 3.27. The maximum absolute atomic E-state index is 11.8. The summed E-state index contributed by atoms with van der Waals surface area (Å²) in [6.07, 6.45) is 1.67. The number of nitrogens with zero attached hydrogens (tertiary/aromatic N) is 2. The van der Waals surface area contributed by atoms with Crippen molar-refractivity contribution < 1.29 is 23.5 Å². The predicted molar refractivity (Wildman–Crippen MR) is 92.4 cm³/mol. The maximum Gasteiger partial charge on any atom is 0.231 e. The molecule has 0 bridgehead atoms. The molecule has 2 aromatic rings. The Morgan fingerprint density at radius 1 is 1.31 bits per heavy atom. The fourth-order valence-electron chi connectivity index (χ4n) is 2.42. The molecule has 0 saturated heterocycles. The van der Waals surface area contributed by atoms with Crippen LogP contribution in [0.3, 0.4) is 0 Å². The third-order valence-electron chi connectivity index (χ3n) is 3.83. The SMILES string of the molecule is CC(C)c1noc(CCCC(=O)NCCOc2ccc3c(c2)OCO3)n1. The monoisotopic (exact) mass is 361 g/mol. The van der Waals surface area contributed by atoms with Crippen molar-refractivity contribution in [3.8, 4) is 17.2 Å². The van der Waals surface area contributed by atoms with Crippen LogP contribution in [0.5, 0.6) is 17.2 Å². The molecule has 1 aliphatic rings. The summed E-state index contributed by atoms with van der Waals surface area (Å²) in [5.41, 5.74) is 0. The van der Waals surface area contributed by atoms with Crippen molar-refractivity contribution in [1.82, 2.24) is 15.5 Å². The van der Waals surface area contributed by atoms with E-state index in [2.05, 4.69) is 15.5 Å². The molecule has 1 amide bonds. The highest BCUT2D eigenvalue weighted by Crippen LogP contribution is 2.34. The molecule has 8 nitrogen and oxygen atoms in total. The molecule has 1 aromatic heterocycles. The van der Waals surface area contributed by atoms with Crippen molar-refractivity contribution in [3.05, 3.63) is 29.9 Å². The Morgan fingerprint density at radius 2 is 2.15 bits per heavy atom. The van der Waals surface area contributed by atoms with Gasteiger partial charge in [-0.2, -0.15) is 4.98 Å². The lowest BCUT2D eigenvalue weighted by atomic mass is 10.2. The number of hydrogen-bond acceptors (Lipinski definition) is 7. The molecule has 0 fully saturated rings. The van der Waals surface area contributed by atoms with Crippen molar-refractivity contribution in [2.45, 2.75) is 39.0 Å². The number of amides is 1. The molecule has 0 radical (unpaired) electrons. The Balaban J connectivity index is 1.29. The number of ether oxygens (including phenoxy) is 3. The second kappa shape index (κ2) is 8.55. The van der Waals surface area contributed by atoms with Crippen LogP contribution in [0.1, 0.15) is 44.3 Å². The Bertz CT molecular complexity index is 744. The number of carbonyl (C=O) groups excluding carboxylic acids is 1. The van der Waals surface area contributed by atoms with E-state index in [1.54, 1.807) is 12.1 Å². The van der Waals surface area contributed by atoms with Crippen LogP contribution in [0.15, 0.2) is 22.7 Å². The van der Waals surface area contributed by atoms with Gasteiger partial charge >= 0.3 is 0 Å². The Hall–Kier alpha value is -2.77. The molecule has 0 unspecified atom stereocenters. The molecule has 0 aliphatic carbocycles. The summed E-state index contributed by atoms with van der Waals surface area (Å²) < 4.78 is 21.3. The highest BCUT2D eigenvalue weighted by atomic mass is 16.7. The highest BCUT2D eigenvalue weighted by Gasteiger charge is 2.14. The van der Waals surface area contributed by atoms with Gasteiger partial charge in [0.05, 0.1) is 6.54 Å². The second-order valence-electron chi connectivity index (χ2n) is 6.27. The number of aryl methyl sites for hydroxylation is 1. The summed E-state index contributed by atoms with van der Waals surface area (Å²) in [5.74, 6) is 3.56. The molecule has 1 N–H and O–H groups in total. The Kier molecular flexibility index (Phi) is 5.93. The molecular formula is C18H23N3O5. The van der Waals surface area contributed by atoms with Crippen molar-refractivity contribution in [2.75, 3.05) is 19.9 Å². The zero-order valence-electron chi connectivity index (χ0n) is 15.0. The van der Waals surface area contributed by atoms with Gasteiger partial charge in [0.25, 0.3) is 0 Å². The normalized spacial score (nSPS) is 12.4. The van der Waals surface area contributed by atoms with Gasteiger partial charge < -0.3 is 24.1 Å². The van der Waals surface area contributed by atoms with Crippen LogP contribution < -0.4 is 19.5 Å². The first-order valence-electron chi connectivity index (χ1n) is 8.73. The van der Waals surface area contributed by atoms with Gasteiger partial charge in [-0.3, -0.25) is 4.79 Å². The van der Waals surface area contributed by atoms with Crippen molar-refractivity contribution >= 4 is 5.91 Å². The second-order valence-corrected chi connectivity index (χ2v) is 6.27. The van der Waals surface area contributed by atoms with Gasteiger partial charge in [-0.05, 0) is 18.6 Å². The molecule has 1 aliphatic heterocycles. The van der Waals surface area contributed by atoms with Crippen LogP contribution in [0.2, 0.25) is 0 Å². The number of carbonyl (C=O) groups is 1. The quantitative estimate of drug-likeness (QED) is 0.685. The average molecular weight is 361 g/mol. The van der Waals surface area contributed by atoms with Gasteiger partial charge in [-0.1, -0.05) is 19.0 Å². The Labute approximate surface area is 151 Å². The minimum atomic E-state index is -0.0251. The van der Waals surface area contributed by atoms with E-state index >= 15 is 0 Å². The van der Waals surface area contributed by atoms with E-state index in [0.29, 0.717) is 61.4 Å². The zero-order valence-corrected chi connectivity index (χ0v) is 15.0. The highest BCUT2D eigenvalue weighted by molar-refractivity contribution is 5.75. The van der Waals surface area contributed by atoms with Gasteiger partial charge in [-0.15, -0.1) is 0 Å².